The molecule has 3 aromatic heterocycles. The molecule has 0 aliphatic heterocycles. The van der Waals surface area contributed by atoms with Crippen LogP contribution in [0.4, 0.5) is 0 Å². The van der Waals surface area contributed by atoms with Gasteiger partial charge in [-0.1, -0.05) is 24.6 Å². The predicted molar refractivity (Wildman–Crippen MR) is 103 cm³/mol. The Morgan fingerprint density at radius 2 is 2.04 bits per heavy atom. The zero-order valence-corrected chi connectivity index (χ0v) is 15.6. The molecule has 6 heteroatoms. The Bertz CT molecular complexity index is 1100. The number of fused-ring (bicyclic) bond motifs is 5. The highest BCUT2D eigenvalue weighted by molar-refractivity contribution is 7.19. The molecule has 5 nitrogen and oxygen atoms in total. The molecule has 0 fully saturated rings. The zero-order valence-electron chi connectivity index (χ0n) is 14.7. The summed E-state index contributed by atoms with van der Waals surface area (Å²) >= 11 is 1.83. The average Bonchev–Trinajstić information content (AvgIpc) is 3.14. The highest BCUT2D eigenvalue weighted by Gasteiger charge is 2.20. The van der Waals surface area contributed by atoms with E-state index < -0.39 is 0 Å². The molecule has 0 amide bonds. The lowest BCUT2D eigenvalue weighted by atomic mass is 10.1. The van der Waals surface area contributed by atoms with Crippen LogP contribution in [0, 0.1) is 6.92 Å². The largest absolute Gasteiger partial charge is 0.485 e. The molecule has 4 aromatic rings. The van der Waals surface area contributed by atoms with Gasteiger partial charge in [0.15, 0.2) is 11.5 Å². The van der Waals surface area contributed by atoms with Crippen molar-refractivity contribution in [3.05, 3.63) is 52.4 Å². The minimum atomic E-state index is 0.361. The molecule has 0 atom stereocenters. The van der Waals surface area contributed by atoms with Crippen molar-refractivity contribution in [1.29, 1.82) is 0 Å². The Morgan fingerprint density at radius 3 is 2.96 bits per heavy atom. The Kier molecular flexibility index (Phi) is 3.85. The first-order valence-electron chi connectivity index (χ1n) is 9.12. The van der Waals surface area contributed by atoms with Crippen LogP contribution < -0.4 is 4.74 Å². The SMILES string of the molecule is Cc1ccccc1OCc1nc2c3c4c(sc3ncn2n1)CCCCC4. The summed E-state index contributed by atoms with van der Waals surface area (Å²) in [6, 6.07) is 8.01. The molecule has 1 aromatic carbocycles. The number of rotatable bonds is 3. The van der Waals surface area contributed by atoms with Crippen LogP contribution in [0.5, 0.6) is 5.75 Å². The van der Waals surface area contributed by atoms with E-state index in [4.69, 9.17) is 9.72 Å². The fourth-order valence-corrected chi connectivity index (χ4v) is 4.92. The van der Waals surface area contributed by atoms with Gasteiger partial charge in [0.2, 0.25) is 0 Å². The van der Waals surface area contributed by atoms with Crippen molar-refractivity contribution in [3.63, 3.8) is 0 Å². The Labute approximate surface area is 155 Å². The second-order valence-electron chi connectivity index (χ2n) is 6.84. The molecule has 0 spiro atoms. The molecular formula is C20H20N4OS. The third-order valence-corrected chi connectivity index (χ3v) is 6.24. The molecule has 0 saturated heterocycles. The van der Waals surface area contributed by atoms with Gasteiger partial charge in [0, 0.05) is 4.88 Å². The van der Waals surface area contributed by atoms with E-state index in [1.54, 1.807) is 10.8 Å². The molecule has 5 rings (SSSR count). The molecule has 0 radical (unpaired) electrons. The Balaban J connectivity index is 1.53. The summed E-state index contributed by atoms with van der Waals surface area (Å²) in [5.41, 5.74) is 3.47. The molecular weight excluding hydrogens is 344 g/mol. The van der Waals surface area contributed by atoms with Crippen LogP contribution >= 0.6 is 11.3 Å². The maximum Gasteiger partial charge on any atom is 0.189 e. The highest BCUT2D eigenvalue weighted by Crippen LogP contribution is 2.36. The summed E-state index contributed by atoms with van der Waals surface area (Å²) in [5.74, 6) is 1.56. The summed E-state index contributed by atoms with van der Waals surface area (Å²) in [4.78, 5) is 12.0. The van der Waals surface area contributed by atoms with Gasteiger partial charge in [0.05, 0.1) is 5.39 Å². The van der Waals surface area contributed by atoms with E-state index in [9.17, 15) is 0 Å². The lowest BCUT2D eigenvalue weighted by Gasteiger charge is -2.05. The molecule has 0 N–H and O–H groups in total. The van der Waals surface area contributed by atoms with Crippen LogP contribution in [-0.2, 0) is 19.4 Å². The zero-order chi connectivity index (χ0) is 17.5. The second-order valence-corrected chi connectivity index (χ2v) is 7.92. The molecule has 1 aliphatic rings. The van der Waals surface area contributed by atoms with E-state index in [0.29, 0.717) is 12.4 Å². The first-order valence-corrected chi connectivity index (χ1v) is 9.94. The topological polar surface area (TPSA) is 52.3 Å². The summed E-state index contributed by atoms with van der Waals surface area (Å²) in [7, 11) is 0. The van der Waals surface area contributed by atoms with Crippen molar-refractivity contribution in [1.82, 2.24) is 19.6 Å². The molecule has 3 heterocycles. The van der Waals surface area contributed by atoms with Gasteiger partial charge in [-0.3, -0.25) is 0 Å². The molecule has 1 aliphatic carbocycles. The van der Waals surface area contributed by atoms with Crippen LogP contribution in [0.1, 0.15) is 41.1 Å². The number of thiophene rings is 1. The van der Waals surface area contributed by atoms with E-state index in [0.717, 1.165) is 28.2 Å². The Morgan fingerprint density at radius 1 is 1.15 bits per heavy atom. The van der Waals surface area contributed by atoms with Gasteiger partial charge in [-0.25, -0.2) is 14.5 Å². The van der Waals surface area contributed by atoms with Crippen molar-refractivity contribution >= 4 is 27.2 Å². The molecule has 132 valence electrons. The number of benzene rings is 1. The van der Waals surface area contributed by atoms with Crippen LogP contribution in [0.15, 0.2) is 30.6 Å². The maximum absolute atomic E-state index is 5.92. The minimum absolute atomic E-state index is 0.361. The van der Waals surface area contributed by atoms with Crippen molar-refractivity contribution < 1.29 is 4.74 Å². The fraction of sp³-hybridized carbons (Fsp3) is 0.350. The van der Waals surface area contributed by atoms with Crippen molar-refractivity contribution in [2.45, 2.75) is 45.6 Å². The van der Waals surface area contributed by atoms with Crippen molar-refractivity contribution in [2.24, 2.45) is 0 Å². The van der Waals surface area contributed by atoms with Crippen LogP contribution in [0.3, 0.4) is 0 Å². The van der Waals surface area contributed by atoms with E-state index in [1.807, 2.05) is 42.5 Å². The second kappa shape index (κ2) is 6.36. The number of aromatic nitrogens is 4. The van der Waals surface area contributed by atoms with Gasteiger partial charge in [0.25, 0.3) is 0 Å². The van der Waals surface area contributed by atoms with Gasteiger partial charge >= 0.3 is 0 Å². The standard InChI is InChI=1S/C20H20N4OS/c1-13-7-5-6-9-15(13)25-11-17-22-19-18-14-8-3-2-4-10-16(14)26-20(18)21-12-24(19)23-17/h5-7,9,12H,2-4,8,10-11H2,1H3. The predicted octanol–water partition coefficient (Wildman–Crippen LogP) is 4.50. The summed E-state index contributed by atoms with van der Waals surface area (Å²) in [6.07, 6.45) is 7.90. The number of aryl methyl sites for hydroxylation is 3. The van der Waals surface area contributed by atoms with Crippen LogP contribution in [-0.4, -0.2) is 19.6 Å². The monoisotopic (exact) mass is 364 g/mol. The lowest BCUT2D eigenvalue weighted by Crippen LogP contribution is -1.99. The smallest absolute Gasteiger partial charge is 0.189 e. The molecule has 26 heavy (non-hydrogen) atoms. The molecule has 0 unspecified atom stereocenters. The van der Waals surface area contributed by atoms with E-state index in [1.165, 1.54) is 41.5 Å². The van der Waals surface area contributed by atoms with E-state index in [2.05, 4.69) is 10.1 Å². The van der Waals surface area contributed by atoms with E-state index in [-0.39, 0.29) is 0 Å². The molecule has 0 bridgehead atoms. The maximum atomic E-state index is 5.92. The summed E-state index contributed by atoms with van der Waals surface area (Å²) < 4.78 is 7.72. The number of nitrogens with zero attached hydrogens (tertiary/aromatic N) is 4. The third kappa shape index (κ3) is 2.65. The van der Waals surface area contributed by atoms with Gasteiger partial charge < -0.3 is 4.74 Å². The van der Waals surface area contributed by atoms with Gasteiger partial charge in [-0.15, -0.1) is 16.4 Å². The van der Waals surface area contributed by atoms with Gasteiger partial charge in [0.1, 0.15) is 23.5 Å². The van der Waals surface area contributed by atoms with Crippen LogP contribution in [0.2, 0.25) is 0 Å². The number of hydrogen-bond acceptors (Lipinski definition) is 5. The van der Waals surface area contributed by atoms with Crippen molar-refractivity contribution in [2.75, 3.05) is 0 Å². The Hall–Kier alpha value is -2.47. The minimum Gasteiger partial charge on any atom is -0.485 e. The van der Waals surface area contributed by atoms with Gasteiger partial charge in [-0.05, 0) is 49.8 Å². The first kappa shape index (κ1) is 15.8. The number of ether oxygens (including phenoxy) is 1. The highest BCUT2D eigenvalue weighted by atomic mass is 32.1. The number of para-hydroxylation sites is 1. The van der Waals surface area contributed by atoms with E-state index >= 15 is 0 Å². The lowest BCUT2D eigenvalue weighted by molar-refractivity contribution is 0.294. The van der Waals surface area contributed by atoms with Gasteiger partial charge in [-0.2, -0.15) is 0 Å². The summed E-state index contributed by atoms with van der Waals surface area (Å²) in [6.45, 7) is 2.40. The van der Waals surface area contributed by atoms with Crippen molar-refractivity contribution in [3.8, 4) is 5.75 Å². The summed E-state index contributed by atoms with van der Waals surface area (Å²) in [5, 5.41) is 5.78. The normalized spacial score (nSPS) is 14.5. The van der Waals surface area contributed by atoms with Crippen LogP contribution in [0.25, 0.3) is 15.9 Å². The molecule has 0 saturated carbocycles. The fourth-order valence-electron chi connectivity index (χ4n) is 3.70. The first-order chi connectivity index (χ1) is 12.8. The third-order valence-electron chi connectivity index (χ3n) is 5.04. The number of hydrogen-bond donors (Lipinski definition) is 0. The average molecular weight is 364 g/mol. The quantitative estimate of drug-likeness (QED) is 0.503.